The molecule has 4 heteroatoms. The van der Waals surface area contributed by atoms with Gasteiger partial charge in [-0.3, -0.25) is 0 Å². The Hall–Kier alpha value is -1.71. The van der Waals surface area contributed by atoms with Crippen LogP contribution in [0, 0.1) is 0 Å². The van der Waals surface area contributed by atoms with Gasteiger partial charge in [-0.1, -0.05) is 6.92 Å². The highest BCUT2D eigenvalue weighted by molar-refractivity contribution is 5.89. The number of rotatable bonds is 3. The summed E-state index contributed by atoms with van der Waals surface area (Å²) in [5.74, 6) is 0. The second-order valence-electron chi connectivity index (χ2n) is 4.40. The smallest absolute Gasteiger partial charge is 0.319 e. The Balaban J connectivity index is 2.01. The molecule has 0 aromatic heterocycles. The maximum atomic E-state index is 11.5. The van der Waals surface area contributed by atoms with Gasteiger partial charge >= 0.3 is 6.03 Å². The van der Waals surface area contributed by atoms with Crippen molar-refractivity contribution in [1.82, 2.24) is 5.32 Å². The van der Waals surface area contributed by atoms with Crippen molar-refractivity contribution in [3.8, 4) is 0 Å². The third-order valence-corrected chi connectivity index (χ3v) is 3.00. The molecule has 0 fully saturated rings. The number of nitrogens with zero attached hydrogens (tertiary/aromatic N) is 1. The Morgan fingerprint density at radius 2 is 2.29 bits per heavy atom. The predicted molar refractivity (Wildman–Crippen MR) is 70.7 cm³/mol. The van der Waals surface area contributed by atoms with Crippen LogP contribution in [-0.4, -0.2) is 26.2 Å². The van der Waals surface area contributed by atoms with E-state index in [9.17, 15) is 4.79 Å². The van der Waals surface area contributed by atoms with Gasteiger partial charge in [-0.2, -0.15) is 0 Å². The number of benzene rings is 1. The molecule has 0 spiro atoms. The van der Waals surface area contributed by atoms with Crippen molar-refractivity contribution in [2.45, 2.75) is 19.8 Å². The number of hydrogen-bond acceptors (Lipinski definition) is 2. The number of urea groups is 1. The lowest BCUT2D eigenvalue weighted by molar-refractivity contribution is 0.252. The summed E-state index contributed by atoms with van der Waals surface area (Å²) in [7, 11) is 2.09. The molecule has 0 saturated heterocycles. The number of nitrogens with one attached hydrogen (secondary N) is 2. The first-order chi connectivity index (χ1) is 8.20. The number of hydrogen-bond donors (Lipinski definition) is 2. The molecule has 1 aromatic rings. The first kappa shape index (κ1) is 11.8. The highest BCUT2D eigenvalue weighted by Gasteiger charge is 2.15. The van der Waals surface area contributed by atoms with E-state index in [0.29, 0.717) is 6.54 Å². The van der Waals surface area contributed by atoms with E-state index in [4.69, 9.17) is 0 Å². The van der Waals surface area contributed by atoms with Gasteiger partial charge in [0.1, 0.15) is 0 Å². The van der Waals surface area contributed by atoms with Crippen molar-refractivity contribution in [2.24, 2.45) is 0 Å². The van der Waals surface area contributed by atoms with Gasteiger partial charge in [-0.25, -0.2) is 4.79 Å². The summed E-state index contributed by atoms with van der Waals surface area (Å²) in [5.41, 5.74) is 3.44. The second-order valence-corrected chi connectivity index (χ2v) is 4.40. The topological polar surface area (TPSA) is 44.4 Å². The van der Waals surface area contributed by atoms with Crippen LogP contribution in [0.4, 0.5) is 16.2 Å². The van der Waals surface area contributed by atoms with Crippen LogP contribution in [0.3, 0.4) is 0 Å². The summed E-state index contributed by atoms with van der Waals surface area (Å²) in [4.78, 5) is 13.7. The van der Waals surface area contributed by atoms with Crippen LogP contribution in [-0.2, 0) is 6.42 Å². The summed E-state index contributed by atoms with van der Waals surface area (Å²) >= 11 is 0. The molecular formula is C13H19N3O. The summed E-state index contributed by atoms with van der Waals surface area (Å²) in [6.45, 7) is 3.80. The van der Waals surface area contributed by atoms with Crippen molar-refractivity contribution in [1.29, 1.82) is 0 Å². The molecule has 17 heavy (non-hydrogen) atoms. The first-order valence-electron chi connectivity index (χ1n) is 6.09. The Labute approximate surface area is 102 Å². The molecule has 0 atom stereocenters. The number of carbonyl (C=O) groups is 1. The summed E-state index contributed by atoms with van der Waals surface area (Å²) < 4.78 is 0. The third kappa shape index (κ3) is 2.70. The minimum Gasteiger partial charge on any atom is -0.374 e. The van der Waals surface area contributed by atoms with E-state index in [0.717, 1.165) is 25.1 Å². The maximum Gasteiger partial charge on any atom is 0.319 e. The van der Waals surface area contributed by atoms with E-state index in [1.54, 1.807) is 0 Å². The lowest BCUT2D eigenvalue weighted by Crippen LogP contribution is -2.29. The molecular weight excluding hydrogens is 214 g/mol. The summed E-state index contributed by atoms with van der Waals surface area (Å²) in [5, 5.41) is 5.65. The van der Waals surface area contributed by atoms with Gasteiger partial charge in [0, 0.05) is 31.5 Å². The van der Waals surface area contributed by atoms with Crippen LogP contribution in [0.25, 0.3) is 0 Å². The van der Waals surface area contributed by atoms with Crippen molar-refractivity contribution >= 4 is 17.4 Å². The largest absolute Gasteiger partial charge is 0.374 e. The molecule has 2 amide bonds. The zero-order valence-corrected chi connectivity index (χ0v) is 10.4. The summed E-state index contributed by atoms with van der Waals surface area (Å²) in [6, 6.07) is 5.95. The van der Waals surface area contributed by atoms with Crippen molar-refractivity contribution < 1.29 is 4.79 Å². The zero-order valence-electron chi connectivity index (χ0n) is 10.4. The molecule has 1 heterocycles. The van der Waals surface area contributed by atoms with E-state index < -0.39 is 0 Å². The van der Waals surface area contributed by atoms with Gasteiger partial charge in [0.15, 0.2) is 0 Å². The highest BCUT2D eigenvalue weighted by Crippen LogP contribution is 2.28. The molecule has 92 valence electrons. The predicted octanol–water partition coefficient (Wildman–Crippen LogP) is 2.21. The Morgan fingerprint density at radius 3 is 3.06 bits per heavy atom. The number of anilines is 2. The maximum absolute atomic E-state index is 11.5. The van der Waals surface area contributed by atoms with Gasteiger partial charge < -0.3 is 15.5 Å². The van der Waals surface area contributed by atoms with Crippen LogP contribution in [0.1, 0.15) is 18.9 Å². The standard InChI is InChI=1S/C13H19N3O/c1-3-7-14-13(17)15-11-4-5-12-10(9-11)6-8-16(12)2/h4-5,9H,3,6-8H2,1-2H3,(H2,14,15,17). The van der Waals surface area contributed by atoms with E-state index in [-0.39, 0.29) is 6.03 Å². The Bertz CT molecular complexity index is 417. The van der Waals surface area contributed by atoms with Gasteiger partial charge in [0.2, 0.25) is 0 Å². The van der Waals surface area contributed by atoms with Crippen molar-refractivity contribution in [3.63, 3.8) is 0 Å². The fourth-order valence-corrected chi connectivity index (χ4v) is 2.06. The van der Waals surface area contributed by atoms with Crippen molar-refractivity contribution in [3.05, 3.63) is 23.8 Å². The van der Waals surface area contributed by atoms with Gasteiger partial charge in [0.05, 0.1) is 0 Å². The van der Waals surface area contributed by atoms with Crippen LogP contribution >= 0.6 is 0 Å². The molecule has 1 aliphatic rings. The Kier molecular flexibility index (Phi) is 3.52. The first-order valence-corrected chi connectivity index (χ1v) is 6.09. The molecule has 0 radical (unpaired) electrons. The van der Waals surface area contributed by atoms with Crippen LogP contribution in [0.15, 0.2) is 18.2 Å². The fraction of sp³-hybridized carbons (Fsp3) is 0.462. The van der Waals surface area contributed by atoms with Crippen LogP contribution < -0.4 is 15.5 Å². The zero-order chi connectivity index (χ0) is 12.3. The molecule has 2 rings (SSSR count). The van der Waals surface area contributed by atoms with Gasteiger partial charge in [0.25, 0.3) is 0 Å². The molecule has 0 unspecified atom stereocenters. The average Bonchev–Trinajstić information content (AvgIpc) is 2.68. The quantitative estimate of drug-likeness (QED) is 0.840. The molecule has 0 bridgehead atoms. The summed E-state index contributed by atoms with van der Waals surface area (Å²) in [6.07, 6.45) is 2.00. The number of amides is 2. The number of carbonyl (C=O) groups excluding carboxylic acids is 1. The van der Waals surface area contributed by atoms with Gasteiger partial charge in [-0.15, -0.1) is 0 Å². The number of fused-ring (bicyclic) bond motifs is 1. The molecule has 1 aromatic carbocycles. The third-order valence-electron chi connectivity index (χ3n) is 3.00. The fourth-order valence-electron chi connectivity index (χ4n) is 2.06. The van der Waals surface area contributed by atoms with Gasteiger partial charge in [-0.05, 0) is 36.6 Å². The molecule has 2 N–H and O–H groups in total. The van der Waals surface area contributed by atoms with E-state index >= 15 is 0 Å². The minimum atomic E-state index is -0.127. The molecule has 0 aliphatic carbocycles. The highest BCUT2D eigenvalue weighted by atomic mass is 16.2. The van der Waals surface area contributed by atoms with Crippen LogP contribution in [0.5, 0.6) is 0 Å². The lowest BCUT2D eigenvalue weighted by Gasteiger charge is -2.12. The lowest BCUT2D eigenvalue weighted by atomic mass is 10.1. The average molecular weight is 233 g/mol. The second kappa shape index (κ2) is 5.08. The van der Waals surface area contributed by atoms with E-state index in [2.05, 4.69) is 34.7 Å². The van der Waals surface area contributed by atoms with E-state index in [1.165, 1.54) is 11.3 Å². The Morgan fingerprint density at radius 1 is 1.47 bits per heavy atom. The minimum absolute atomic E-state index is 0.127. The number of likely N-dealkylation sites (N-methyl/N-ethyl adjacent to an activating group) is 1. The monoisotopic (exact) mass is 233 g/mol. The van der Waals surface area contributed by atoms with E-state index in [1.807, 2.05) is 13.0 Å². The molecule has 1 aliphatic heterocycles. The SMILES string of the molecule is CCCNC(=O)Nc1ccc2c(c1)CCN2C. The normalized spacial score (nSPS) is 13.4. The van der Waals surface area contributed by atoms with Crippen LogP contribution in [0.2, 0.25) is 0 Å². The van der Waals surface area contributed by atoms with Crippen molar-refractivity contribution in [2.75, 3.05) is 30.4 Å². The molecule has 0 saturated carbocycles. The molecule has 4 nitrogen and oxygen atoms in total.